The van der Waals surface area contributed by atoms with Gasteiger partial charge in [0.1, 0.15) is 5.69 Å². The second-order valence-electron chi connectivity index (χ2n) is 4.21. The summed E-state index contributed by atoms with van der Waals surface area (Å²) in [7, 11) is 0. The Hall–Kier alpha value is -2.14. The second kappa shape index (κ2) is 6.34. The van der Waals surface area contributed by atoms with E-state index in [-0.39, 0.29) is 11.3 Å². The largest absolute Gasteiger partial charge is 0.319 e. The van der Waals surface area contributed by atoms with E-state index in [0.29, 0.717) is 17.3 Å². The van der Waals surface area contributed by atoms with E-state index in [1.807, 2.05) is 6.92 Å². The van der Waals surface area contributed by atoms with E-state index in [0.717, 1.165) is 6.42 Å². The van der Waals surface area contributed by atoms with Crippen molar-refractivity contribution in [3.8, 4) is 0 Å². The number of hydrogen-bond acceptors (Lipinski definition) is 3. The summed E-state index contributed by atoms with van der Waals surface area (Å²) in [5.74, 6) is -0.400. The number of carbonyl (C=O) groups excluding carboxylic acids is 1. The van der Waals surface area contributed by atoms with Crippen LogP contribution >= 0.6 is 11.6 Å². The lowest BCUT2D eigenvalue weighted by molar-refractivity contribution is 0.102. The molecule has 0 atom stereocenters. The van der Waals surface area contributed by atoms with Crippen LogP contribution in [-0.2, 0) is 6.54 Å². The lowest BCUT2D eigenvalue weighted by Crippen LogP contribution is -2.26. The summed E-state index contributed by atoms with van der Waals surface area (Å²) in [6, 6.07) is 9.67. The Morgan fingerprint density at radius 1 is 1.30 bits per heavy atom. The first-order chi connectivity index (χ1) is 9.61. The van der Waals surface area contributed by atoms with Crippen LogP contribution in [0.3, 0.4) is 0 Å². The highest BCUT2D eigenvalue weighted by Gasteiger charge is 2.11. The quantitative estimate of drug-likeness (QED) is 0.941. The summed E-state index contributed by atoms with van der Waals surface area (Å²) in [6.07, 6.45) is 0.766. The minimum absolute atomic E-state index is 0.179. The zero-order valence-corrected chi connectivity index (χ0v) is 11.7. The van der Waals surface area contributed by atoms with Crippen molar-refractivity contribution < 1.29 is 4.79 Å². The summed E-state index contributed by atoms with van der Waals surface area (Å²) < 4.78 is 1.28. The van der Waals surface area contributed by atoms with Crippen LogP contribution in [0, 0.1) is 0 Å². The Balaban J connectivity index is 2.24. The number of halogens is 1. The molecule has 0 unspecified atom stereocenters. The molecule has 0 aliphatic rings. The number of aryl methyl sites for hydroxylation is 1. The molecule has 0 saturated carbocycles. The minimum Gasteiger partial charge on any atom is -0.319 e. The van der Waals surface area contributed by atoms with Crippen molar-refractivity contribution >= 4 is 23.2 Å². The van der Waals surface area contributed by atoms with Crippen LogP contribution in [0.1, 0.15) is 23.8 Å². The lowest BCUT2D eigenvalue weighted by Gasteiger charge is -2.08. The number of carbonyl (C=O) groups is 1. The maximum absolute atomic E-state index is 12.1. The van der Waals surface area contributed by atoms with Crippen LogP contribution in [-0.4, -0.2) is 15.7 Å². The number of nitrogens with one attached hydrogen (secondary N) is 1. The number of para-hydroxylation sites is 1. The first-order valence-electron chi connectivity index (χ1n) is 6.26. The Morgan fingerprint density at radius 2 is 2.05 bits per heavy atom. The fraction of sp³-hybridized carbons (Fsp3) is 0.214. The first-order valence-corrected chi connectivity index (χ1v) is 6.63. The molecule has 104 valence electrons. The monoisotopic (exact) mass is 291 g/mol. The fourth-order valence-corrected chi connectivity index (χ4v) is 1.87. The van der Waals surface area contributed by atoms with Gasteiger partial charge < -0.3 is 5.32 Å². The number of nitrogens with zero attached hydrogens (tertiary/aromatic N) is 2. The van der Waals surface area contributed by atoms with Crippen LogP contribution in [0.4, 0.5) is 5.69 Å². The standard InChI is InChI=1S/C14H14ClN3O2/c1-2-9-18-13(19)8-7-12(17-18)14(20)16-11-6-4-3-5-10(11)15/h3-8H,2,9H2,1H3,(H,16,20). The fourth-order valence-electron chi connectivity index (χ4n) is 1.69. The topological polar surface area (TPSA) is 64.0 Å². The summed E-state index contributed by atoms with van der Waals surface area (Å²) in [5.41, 5.74) is 0.466. The van der Waals surface area contributed by atoms with E-state index in [9.17, 15) is 9.59 Å². The molecule has 0 aliphatic heterocycles. The summed E-state index contributed by atoms with van der Waals surface area (Å²) >= 11 is 5.97. The normalized spacial score (nSPS) is 10.3. The zero-order valence-electron chi connectivity index (χ0n) is 11.0. The number of hydrogen-bond donors (Lipinski definition) is 1. The van der Waals surface area contributed by atoms with Gasteiger partial charge in [0.2, 0.25) is 0 Å². The molecule has 1 amide bonds. The molecule has 0 fully saturated rings. The van der Waals surface area contributed by atoms with Crippen molar-refractivity contribution in [1.82, 2.24) is 9.78 Å². The van der Waals surface area contributed by atoms with Gasteiger partial charge in [-0.1, -0.05) is 30.7 Å². The van der Waals surface area contributed by atoms with E-state index >= 15 is 0 Å². The van der Waals surface area contributed by atoms with E-state index in [1.165, 1.54) is 16.8 Å². The van der Waals surface area contributed by atoms with Crippen molar-refractivity contribution in [2.75, 3.05) is 5.32 Å². The van der Waals surface area contributed by atoms with Crippen LogP contribution in [0.2, 0.25) is 5.02 Å². The first kappa shape index (κ1) is 14.3. The van der Waals surface area contributed by atoms with Gasteiger partial charge in [0.05, 0.1) is 10.7 Å². The van der Waals surface area contributed by atoms with Crippen LogP contribution in [0.25, 0.3) is 0 Å². The molecule has 0 aliphatic carbocycles. The molecule has 6 heteroatoms. The van der Waals surface area contributed by atoms with Gasteiger partial charge >= 0.3 is 0 Å². The third-order valence-electron chi connectivity index (χ3n) is 2.66. The van der Waals surface area contributed by atoms with E-state index in [2.05, 4.69) is 10.4 Å². The highest BCUT2D eigenvalue weighted by Crippen LogP contribution is 2.20. The number of rotatable bonds is 4. The molecule has 20 heavy (non-hydrogen) atoms. The highest BCUT2D eigenvalue weighted by atomic mass is 35.5. The predicted octanol–water partition coefficient (Wildman–Crippen LogP) is 2.56. The molecular formula is C14H14ClN3O2. The average Bonchev–Trinajstić information content (AvgIpc) is 2.44. The maximum atomic E-state index is 12.1. The molecule has 1 aromatic carbocycles. The van der Waals surface area contributed by atoms with E-state index in [1.54, 1.807) is 24.3 Å². The minimum atomic E-state index is -0.400. The predicted molar refractivity (Wildman–Crippen MR) is 78.2 cm³/mol. The Kier molecular flexibility index (Phi) is 4.53. The Morgan fingerprint density at radius 3 is 2.75 bits per heavy atom. The molecule has 0 radical (unpaired) electrons. The SMILES string of the molecule is CCCn1nc(C(=O)Nc2ccccc2Cl)ccc1=O. The average molecular weight is 292 g/mol. The van der Waals surface area contributed by atoms with E-state index in [4.69, 9.17) is 11.6 Å². The van der Waals surface area contributed by atoms with Gasteiger partial charge in [-0.2, -0.15) is 5.10 Å². The number of aromatic nitrogens is 2. The molecule has 0 bridgehead atoms. The van der Waals surface area contributed by atoms with E-state index < -0.39 is 5.91 Å². The molecule has 0 spiro atoms. The third kappa shape index (κ3) is 3.24. The number of amides is 1. The molecule has 1 heterocycles. The molecule has 1 aromatic heterocycles. The summed E-state index contributed by atoms with van der Waals surface area (Å²) in [4.78, 5) is 23.6. The van der Waals surface area contributed by atoms with Gasteiger partial charge in [0.25, 0.3) is 11.5 Å². The Bertz CT molecular complexity index is 682. The summed E-state index contributed by atoms with van der Waals surface area (Å²) in [5, 5.41) is 7.15. The molecule has 2 aromatic rings. The highest BCUT2D eigenvalue weighted by molar-refractivity contribution is 6.33. The van der Waals surface area contributed by atoms with Crippen LogP contribution in [0.5, 0.6) is 0 Å². The zero-order chi connectivity index (χ0) is 14.5. The third-order valence-corrected chi connectivity index (χ3v) is 2.99. The van der Waals surface area contributed by atoms with Crippen molar-refractivity contribution in [3.05, 3.63) is 57.5 Å². The molecular weight excluding hydrogens is 278 g/mol. The lowest BCUT2D eigenvalue weighted by atomic mass is 10.3. The molecule has 1 N–H and O–H groups in total. The number of benzene rings is 1. The molecule has 5 nitrogen and oxygen atoms in total. The van der Waals surface area contributed by atoms with Crippen molar-refractivity contribution in [2.24, 2.45) is 0 Å². The van der Waals surface area contributed by atoms with Crippen LogP contribution in [0.15, 0.2) is 41.2 Å². The van der Waals surface area contributed by atoms with Gasteiger partial charge in [-0.05, 0) is 24.6 Å². The van der Waals surface area contributed by atoms with Crippen molar-refractivity contribution in [1.29, 1.82) is 0 Å². The van der Waals surface area contributed by atoms with Crippen LogP contribution < -0.4 is 10.9 Å². The molecule has 2 rings (SSSR count). The van der Waals surface area contributed by atoms with Gasteiger partial charge in [-0.15, -0.1) is 0 Å². The van der Waals surface area contributed by atoms with Crippen molar-refractivity contribution in [2.45, 2.75) is 19.9 Å². The van der Waals surface area contributed by atoms with Gasteiger partial charge in [-0.3, -0.25) is 9.59 Å². The molecule has 0 saturated heterocycles. The van der Waals surface area contributed by atoms with Gasteiger partial charge in [0.15, 0.2) is 0 Å². The summed E-state index contributed by atoms with van der Waals surface area (Å²) in [6.45, 7) is 2.41. The maximum Gasteiger partial charge on any atom is 0.276 e. The smallest absolute Gasteiger partial charge is 0.276 e. The van der Waals surface area contributed by atoms with Gasteiger partial charge in [-0.25, -0.2) is 4.68 Å². The second-order valence-corrected chi connectivity index (χ2v) is 4.62. The van der Waals surface area contributed by atoms with Crippen molar-refractivity contribution in [3.63, 3.8) is 0 Å². The number of anilines is 1. The van der Waals surface area contributed by atoms with Gasteiger partial charge in [0, 0.05) is 12.6 Å². The Labute approximate surface area is 121 Å².